The van der Waals surface area contributed by atoms with Gasteiger partial charge < -0.3 is 15.4 Å². The predicted octanol–water partition coefficient (Wildman–Crippen LogP) is 1.40. The van der Waals surface area contributed by atoms with Crippen molar-refractivity contribution in [2.24, 2.45) is 5.73 Å². The Morgan fingerprint density at radius 3 is 3.00 bits per heavy atom. The molecule has 2 N–H and O–H groups in total. The Labute approximate surface area is 103 Å². The lowest BCUT2D eigenvalue weighted by molar-refractivity contribution is 0.122. The smallest absolute Gasteiger partial charge is 0.213 e. The highest BCUT2D eigenvalue weighted by atomic mass is 16.5. The predicted molar refractivity (Wildman–Crippen MR) is 67.9 cm³/mol. The van der Waals surface area contributed by atoms with Gasteiger partial charge in [-0.05, 0) is 32.0 Å². The molecule has 1 fully saturated rings. The Morgan fingerprint density at radius 1 is 1.47 bits per heavy atom. The normalized spacial score (nSPS) is 21.4. The highest BCUT2D eigenvalue weighted by Gasteiger charge is 2.19. The first-order chi connectivity index (χ1) is 8.29. The molecular formula is C13H21N3O. The number of piperidine rings is 1. The van der Waals surface area contributed by atoms with E-state index in [0.717, 1.165) is 12.2 Å². The first-order valence-electron chi connectivity index (χ1n) is 6.27. The molecule has 0 saturated carbocycles. The first kappa shape index (κ1) is 12.3. The average molecular weight is 235 g/mol. The number of nitrogens with zero attached hydrogens (tertiary/aromatic N) is 2. The van der Waals surface area contributed by atoms with Gasteiger partial charge in [-0.15, -0.1) is 0 Å². The molecule has 17 heavy (non-hydrogen) atoms. The highest BCUT2D eigenvalue weighted by molar-refractivity contribution is 5.17. The largest absolute Gasteiger partial charge is 0.476 e. The van der Waals surface area contributed by atoms with Gasteiger partial charge in [-0.1, -0.05) is 12.5 Å². The average Bonchev–Trinajstić information content (AvgIpc) is 2.38. The minimum absolute atomic E-state index is 0.526. The molecule has 0 amide bonds. The molecule has 0 bridgehead atoms. The van der Waals surface area contributed by atoms with E-state index >= 15 is 0 Å². The van der Waals surface area contributed by atoms with Crippen LogP contribution in [0.5, 0.6) is 5.88 Å². The number of ether oxygens (including phenoxy) is 1. The SMILES string of the molecule is CN1CCCCC1COc1ccc(CN)cn1. The van der Waals surface area contributed by atoms with E-state index in [0.29, 0.717) is 18.5 Å². The summed E-state index contributed by atoms with van der Waals surface area (Å²) in [5.74, 6) is 0.696. The summed E-state index contributed by atoms with van der Waals surface area (Å²) in [6.45, 7) is 2.43. The minimum atomic E-state index is 0.526. The van der Waals surface area contributed by atoms with Crippen LogP contribution >= 0.6 is 0 Å². The lowest BCUT2D eigenvalue weighted by atomic mass is 10.0. The Balaban J connectivity index is 1.84. The van der Waals surface area contributed by atoms with E-state index in [1.165, 1.54) is 25.8 Å². The van der Waals surface area contributed by atoms with E-state index in [4.69, 9.17) is 10.5 Å². The van der Waals surface area contributed by atoms with Gasteiger partial charge >= 0.3 is 0 Å². The summed E-state index contributed by atoms with van der Waals surface area (Å²) in [6.07, 6.45) is 5.60. The molecule has 1 saturated heterocycles. The second-order valence-electron chi connectivity index (χ2n) is 4.65. The quantitative estimate of drug-likeness (QED) is 0.857. The van der Waals surface area contributed by atoms with Gasteiger partial charge in [-0.25, -0.2) is 4.98 Å². The Hall–Kier alpha value is -1.13. The van der Waals surface area contributed by atoms with Crippen molar-refractivity contribution < 1.29 is 4.74 Å². The zero-order valence-corrected chi connectivity index (χ0v) is 10.4. The Bertz CT molecular complexity index is 339. The molecule has 1 aliphatic heterocycles. The monoisotopic (exact) mass is 235 g/mol. The van der Waals surface area contributed by atoms with Crippen LogP contribution in [-0.2, 0) is 6.54 Å². The molecule has 1 aliphatic rings. The summed E-state index contributed by atoms with van der Waals surface area (Å²) in [5.41, 5.74) is 6.56. The first-order valence-corrected chi connectivity index (χ1v) is 6.27. The van der Waals surface area contributed by atoms with E-state index in [1.54, 1.807) is 6.20 Å². The second-order valence-corrected chi connectivity index (χ2v) is 4.65. The number of likely N-dealkylation sites (tertiary alicyclic amines) is 1. The van der Waals surface area contributed by atoms with E-state index in [9.17, 15) is 0 Å². The number of hydrogen-bond acceptors (Lipinski definition) is 4. The minimum Gasteiger partial charge on any atom is -0.476 e. The third-order valence-electron chi connectivity index (χ3n) is 3.38. The van der Waals surface area contributed by atoms with E-state index in [1.807, 2.05) is 12.1 Å². The number of aromatic nitrogens is 1. The fraction of sp³-hybridized carbons (Fsp3) is 0.615. The van der Waals surface area contributed by atoms with Crippen LogP contribution in [0.15, 0.2) is 18.3 Å². The van der Waals surface area contributed by atoms with Crippen molar-refractivity contribution in [3.05, 3.63) is 23.9 Å². The van der Waals surface area contributed by atoms with E-state index in [-0.39, 0.29) is 0 Å². The fourth-order valence-corrected chi connectivity index (χ4v) is 2.15. The van der Waals surface area contributed by atoms with E-state index < -0.39 is 0 Å². The van der Waals surface area contributed by atoms with Gasteiger partial charge in [0.2, 0.25) is 5.88 Å². The molecule has 1 aromatic heterocycles. The van der Waals surface area contributed by atoms with Gasteiger partial charge in [0.15, 0.2) is 0 Å². The molecule has 1 aromatic rings. The summed E-state index contributed by atoms with van der Waals surface area (Å²) in [5, 5.41) is 0. The van der Waals surface area contributed by atoms with Crippen molar-refractivity contribution in [3.63, 3.8) is 0 Å². The van der Waals surface area contributed by atoms with Crippen molar-refractivity contribution >= 4 is 0 Å². The van der Waals surface area contributed by atoms with Crippen LogP contribution in [0.25, 0.3) is 0 Å². The molecule has 1 unspecified atom stereocenters. The van der Waals surface area contributed by atoms with Gasteiger partial charge in [-0.3, -0.25) is 0 Å². The number of rotatable bonds is 4. The molecule has 1 atom stereocenters. The van der Waals surface area contributed by atoms with Gasteiger partial charge in [0.05, 0.1) is 0 Å². The van der Waals surface area contributed by atoms with Crippen molar-refractivity contribution in [2.45, 2.75) is 31.8 Å². The fourth-order valence-electron chi connectivity index (χ4n) is 2.15. The third-order valence-corrected chi connectivity index (χ3v) is 3.38. The maximum Gasteiger partial charge on any atom is 0.213 e. The number of likely N-dealkylation sites (N-methyl/N-ethyl adjacent to an activating group) is 1. The van der Waals surface area contributed by atoms with Gasteiger partial charge in [0.25, 0.3) is 0 Å². The Kier molecular flexibility index (Phi) is 4.34. The molecule has 4 nitrogen and oxygen atoms in total. The van der Waals surface area contributed by atoms with Gasteiger partial charge in [-0.2, -0.15) is 0 Å². The summed E-state index contributed by atoms with van der Waals surface area (Å²) < 4.78 is 5.72. The third kappa shape index (κ3) is 3.41. The molecule has 4 heteroatoms. The van der Waals surface area contributed by atoms with Crippen LogP contribution in [0, 0.1) is 0 Å². The lowest BCUT2D eigenvalue weighted by Crippen LogP contribution is -2.40. The zero-order valence-electron chi connectivity index (χ0n) is 10.4. The maximum absolute atomic E-state index is 5.72. The number of hydrogen-bond donors (Lipinski definition) is 1. The summed E-state index contributed by atoms with van der Waals surface area (Å²) in [4.78, 5) is 6.61. The van der Waals surface area contributed by atoms with Crippen LogP contribution < -0.4 is 10.5 Å². The molecule has 0 spiro atoms. The Morgan fingerprint density at radius 2 is 2.35 bits per heavy atom. The maximum atomic E-state index is 5.72. The van der Waals surface area contributed by atoms with Crippen molar-refractivity contribution in [2.75, 3.05) is 20.2 Å². The molecule has 0 radical (unpaired) electrons. The van der Waals surface area contributed by atoms with Gasteiger partial charge in [0.1, 0.15) is 6.61 Å². The summed E-state index contributed by atoms with van der Waals surface area (Å²) in [7, 11) is 2.16. The van der Waals surface area contributed by atoms with Crippen LogP contribution in [-0.4, -0.2) is 36.1 Å². The summed E-state index contributed by atoms with van der Waals surface area (Å²) in [6, 6.07) is 4.39. The molecule has 2 heterocycles. The van der Waals surface area contributed by atoms with Crippen molar-refractivity contribution in [1.29, 1.82) is 0 Å². The lowest BCUT2D eigenvalue weighted by Gasteiger charge is -2.31. The van der Waals surface area contributed by atoms with Crippen LogP contribution in [0.4, 0.5) is 0 Å². The molecular weight excluding hydrogens is 214 g/mol. The molecule has 94 valence electrons. The van der Waals surface area contributed by atoms with Crippen LogP contribution in [0.3, 0.4) is 0 Å². The highest BCUT2D eigenvalue weighted by Crippen LogP contribution is 2.16. The number of pyridine rings is 1. The van der Waals surface area contributed by atoms with Crippen LogP contribution in [0.1, 0.15) is 24.8 Å². The van der Waals surface area contributed by atoms with Crippen LogP contribution in [0.2, 0.25) is 0 Å². The summed E-state index contributed by atoms with van der Waals surface area (Å²) >= 11 is 0. The van der Waals surface area contributed by atoms with Gasteiger partial charge in [0, 0.05) is 24.8 Å². The molecule has 2 rings (SSSR count). The zero-order chi connectivity index (χ0) is 12.1. The topological polar surface area (TPSA) is 51.4 Å². The molecule has 0 aliphatic carbocycles. The van der Waals surface area contributed by atoms with Crippen molar-refractivity contribution in [1.82, 2.24) is 9.88 Å². The molecule has 0 aromatic carbocycles. The van der Waals surface area contributed by atoms with Crippen molar-refractivity contribution in [3.8, 4) is 5.88 Å². The standard InChI is InChI=1S/C13H21N3O/c1-16-7-3-2-4-12(16)10-17-13-6-5-11(8-14)9-15-13/h5-6,9,12H,2-4,7-8,10,14H2,1H3. The number of nitrogens with two attached hydrogens (primary N) is 1. The second kappa shape index (κ2) is 5.98. The van der Waals surface area contributed by atoms with E-state index in [2.05, 4.69) is 16.9 Å².